The van der Waals surface area contributed by atoms with E-state index < -0.39 is 0 Å². The van der Waals surface area contributed by atoms with Crippen LogP contribution in [0.25, 0.3) is 10.8 Å². The zero-order valence-electron chi connectivity index (χ0n) is 11.2. The standard InChI is InChI=1S/C18H14O2/c1-20-15-10-11-16-14(12-15)8-5-9-17(16)18(19)13-6-3-2-4-7-13/h2-12H,1H3. The fourth-order valence-electron chi connectivity index (χ4n) is 2.33. The van der Waals surface area contributed by atoms with Crippen molar-refractivity contribution in [1.82, 2.24) is 0 Å². The molecule has 0 atom stereocenters. The van der Waals surface area contributed by atoms with Crippen molar-refractivity contribution in [2.24, 2.45) is 0 Å². The highest BCUT2D eigenvalue weighted by molar-refractivity contribution is 6.16. The Morgan fingerprint density at radius 2 is 1.70 bits per heavy atom. The van der Waals surface area contributed by atoms with Gasteiger partial charge in [-0.3, -0.25) is 4.79 Å². The zero-order valence-corrected chi connectivity index (χ0v) is 11.2. The average Bonchev–Trinajstić information content (AvgIpc) is 2.54. The van der Waals surface area contributed by atoms with Crippen LogP contribution in [0.1, 0.15) is 15.9 Å². The molecule has 2 heteroatoms. The Labute approximate surface area is 117 Å². The third-order valence-electron chi connectivity index (χ3n) is 3.37. The first-order chi connectivity index (χ1) is 9.79. The lowest BCUT2D eigenvalue weighted by Gasteiger charge is -2.07. The van der Waals surface area contributed by atoms with Crippen molar-refractivity contribution >= 4 is 16.6 Å². The van der Waals surface area contributed by atoms with Gasteiger partial charge in [0.25, 0.3) is 0 Å². The number of hydrogen-bond donors (Lipinski definition) is 0. The molecule has 0 aromatic heterocycles. The topological polar surface area (TPSA) is 26.3 Å². The van der Waals surface area contributed by atoms with E-state index in [1.165, 1.54) is 0 Å². The van der Waals surface area contributed by atoms with E-state index in [2.05, 4.69) is 0 Å². The van der Waals surface area contributed by atoms with Gasteiger partial charge < -0.3 is 4.74 Å². The maximum absolute atomic E-state index is 12.6. The van der Waals surface area contributed by atoms with Crippen molar-refractivity contribution in [1.29, 1.82) is 0 Å². The van der Waals surface area contributed by atoms with Gasteiger partial charge in [-0.1, -0.05) is 48.5 Å². The molecule has 3 rings (SSSR count). The fourth-order valence-corrected chi connectivity index (χ4v) is 2.33. The minimum Gasteiger partial charge on any atom is -0.497 e. The molecular weight excluding hydrogens is 248 g/mol. The van der Waals surface area contributed by atoms with E-state index in [0.29, 0.717) is 5.56 Å². The first-order valence-corrected chi connectivity index (χ1v) is 6.46. The highest BCUT2D eigenvalue weighted by Gasteiger charge is 2.12. The molecule has 0 amide bonds. The second-order valence-corrected chi connectivity index (χ2v) is 4.59. The van der Waals surface area contributed by atoms with Gasteiger partial charge in [-0.15, -0.1) is 0 Å². The van der Waals surface area contributed by atoms with E-state index in [1.807, 2.05) is 66.7 Å². The van der Waals surface area contributed by atoms with Crippen LogP contribution in [-0.4, -0.2) is 12.9 Å². The van der Waals surface area contributed by atoms with Crippen LogP contribution in [0.3, 0.4) is 0 Å². The van der Waals surface area contributed by atoms with Gasteiger partial charge in [-0.2, -0.15) is 0 Å². The predicted molar refractivity (Wildman–Crippen MR) is 80.4 cm³/mol. The first-order valence-electron chi connectivity index (χ1n) is 6.46. The summed E-state index contributed by atoms with van der Waals surface area (Å²) >= 11 is 0. The van der Waals surface area contributed by atoms with Gasteiger partial charge in [0.05, 0.1) is 7.11 Å². The van der Waals surface area contributed by atoms with Crippen LogP contribution in [0, 0.1) is 0 Å². The third kappa shape index (κ3) is 2.16. The van der Waals surface area contributed by atoms with Gasteiger partial charge in [-0.25, -0.2) is 0 Å². The number of methoxy groups -OCH3 is 1. The van der Waals surface area contributed by atoms with Crippen molar-refractivity contribution in [2.75, 3.05) is 7.11 Å². The summed E-state index contributed by atoms with van der Waals surface area (Å²) in [4.78, 5) is 12.6. The molecule has 0 spiro atoms. The van der Waals surface area contributed by atoms with E-state index in [0.717, 1.165) is 22.1 Å². The summed E-state index contributed by atoms with van der Waals surface area (Å²) in [5, 5.41) is 1.95. The Morgan fingerprint density at radius 1 is 0.900 bits per heavy atom. The van der Waals surface area contributed by atoms with Crippen LogP contribution >= 0.6 is 0 Å². The molecule has 0 unspecified atom stereocenters. The lowest BCUT2D eigenvalue weighted by molar-refractivity contribution is 0.104. The van der Waals surface area contributed by atoms with Crippen molar-refractivity contribution in [3.05, 3.63) is 77.9 Å². The van der Waals surface area contributed by atoms with Gasteiger partial charge in [0.1, 0.15) is 5.75 Å². The van der Waals surface area contributed by atoms with Crippen molar-refractivity contribution in [3.63, 3.8) is 0 Å². The number of benzene rings is 3. The monoisotopic (exact) mass is 262 g/mol. The molecule has 0 radical (unpaired) electrons. The van der Waals surface area contributed by atoms with Crippen molar-refractivity contribution in [3.8, 4) is 5.75 Å². The van der Waals surface area contributed by atoms with Crippen LogP contribution in [-0.2, 0) is 0 Å². The number of ether oxygens (including phenoxy) is 1. The second-order valence-electron chi connectivity index (χ2n) is 4.59. The summed E-state index contributed by atoms with van der Waals surface area (Å²) in [6.07, 6.45) is 0. The molecule has 0 aliphatic rings. The maximum atomic E-state index is 12.6. The first kappa shape index (κ1) is 12.4. The highest BCUT2D eigenvalue weighted by atomic mass is 16.5. The number of carbonyl (C=O) groups is 1. The molecule has 0 aliphatic heterocycles. The zero-order chi connectivity index (χ0) is 13.9. The number of carbonyl (C=O) groups excluding carboxylic acids is 1. The Morgan fingerprint density at radius 3 is 2.45 bits per heavy atom. The minimum absolute atomic E-state index is 0.0429. The quantitative estimate of drug-likeness (QED) is 0.665. The molecule has 0 saturated heterocycles. The van der Waals surface area contributed by atoms with Crippen molar-refractivity contribution in [2.45, 2.75) is 0 Å². The molecule has 0 bridgehead atoms. The highest BCUT2D eigenvalue weighted by Crippen LogP contribution is 2.25. The van der Waals surface area contributed by atoms with Crippen LogP contribution < -0.4 is 4.74 Å². The third-order valence-corrected chi connectivity index (χ3v) is 3.37. The average molecular weight is 262 g/mol. The van der Waals surface area contributed by atoms with Gasteiger partial charge >= 0.3 is 0 Å². The predicted octanol–water partition coefficient (Wildman–Crippen LogP) is 4.08. The summed E-state index contributed by atoms with van der Waals surface area (Å²) in [5.41, 5.74) is 1.42. The molecular formula is C18H14O2. The Balaban J connectivity index is 2.15. The molecule has 0 saturated carbocycles. The Kier molecular flexibility index (Phi) is 3.21. The van der Waals surface area contributed by atoms with Crippen LogP contribution in [0.2, 0.25) is 0 Å². The van der Waals surface area contributed by atoms with E-state index in [-0.39, 0.29) is 5.78 Å². The largest absolute Gasteiger partial charge is 0.497 e. The Hall–Kier alpha value is -2.61. The van der Waals surface area contributed by atoms with E-state index in [9.17, 15) is 4.79 Å². The second kappa shape index (κ2) is 5.17. The minimum atomic E-state index is 0.0429. The van der Waals surface area contributed by atoms with Gasteiger partial charge in [0.15, 0.2) is 5.78 Å². The Bertz CT molecular complexity index is 761. The summed E-state index contributed by atoms with van der Waals surface area (Å²) in [6.45, 7) is 0. The van der Waals surface area contributed by atoms with Crippen LogP contribution in [0.4, 0.5) is 0 Å². The van der Waals surface area contributed by atoms with E-state index in [1.54, 1.807) is 7.11 Å². The normalized spacial score (nSPS) is 10.4. The van der Waals surface area contributed by atoms with E-state index >= 15 is 0 Å². The summed E-state index contributed by atoms with van der Waals surface area (Å²) in [6, 6.07) is 20.8. The van der Waals surface area contributed by atoms with Gasteiger partial charge in [-0.05, 0) is 29.0 Å². The van der Waals surface area contributed by atoms with Gasteiger partial charge in [0.2, 0.25) is 0 Å². The maximum Gasteiger partial charge on any atom is 0.193 e. The van der Waals surface area contributed by atoms with Gasteiger partial charge in [0, 0.05) is 11.1 Å². The molecule has 0 fully saturated rings. The summed E-state index contributed by atoms with van der Waals surface area (Å²) in [7, 11) is 1.64. The molecule has 2 nitrogen and oxygen atoms in total. The number of rotatable bonds is 3. The number of fused-ring (bicyclic) bond motifs is 1. The summed E-state index contributed by atoms with van der Waals surface area (Å²) in [5.74, 6) is 0.836. The smallest absolute Gasteiger partial charge is 0.193 e. The van der Waals surface area contributed by atoms with Crippen LogP contribution in [0.5, 0.6) is 5.75 Å². The number of hydrogen-bond acceptors (Lipinski definition) is 2. The van der Waals surface area contributed by atoms with Crippen molar-refractivity contribution < 1.29 is 9.53 Å². The molecule has 98 valence electrons. The molecule has 3 aromatic carbocycles. The molecule has 3 aromatic rings. The SMILES string of the molecule is COc1ccc2c(C(=O)c3ccccc3)cccc2c1. The molecule has 20 heavy (non-hydrogen) atoms. The summed E-state index contributed by atoms with van der Waals surface area (Å²) < 4.78 is 5.22. The molecule has 0 heterocycles. The lowest BCUT2D eigenvalue weighted by atomic mass is 9.97. The fraction of sp³-hybridized carbons (Fsp3) is 0.0556. The van der Waals surface area contributed by atoms with E-state index in [4.69, 9.17) is 4.74 Å². The molecule has 0 N–H and O–H groups in total. The molecule has 0 aliphatic carbocycles. The van der Waals surface area contributed by atoms with Crippen LogP contribution in [0.15, 0.2) is 66.7 Å². The lowest BCUT2D eigenvalue weighted by Crippen LogP contribution is -2.01. The number of ketones is 1.